The van der Waals surface area contributed by atoms with E-state index >= 15 is 0 Å². The molecular formula is C7H10BrClN2. The molecule has 0 saturated carbocycles. The average Bonchev–Trinajstić information content (AvgIpc) is 1.88. The number of nitrogens with zero attached hydrogens (tertiary/aromatic N) is 1. The topological polar surface area (TPSA) is 29.3 Å². The van der Waals surface area contributed by atoms with Crippen molar-refractivity contribution < 1.29 is 0 Å². The second-order valence-corrected chi connectivity index (χ2v) is 2.91. The summed E-state index contributed by atoms with van der Waals surface area (Å²) in [4.78, 5) is 0. The zero-order valence-electron chi connectivity index (χ0n) is 6.12. The van der Waals surface area contributed by atoms with Crippen LogP contribution in [0.3, 0.4) is 0 Å². The number of hydrogen-bond acceptors (Lipinski definition) is 2. The molecule has 0 saturated heterocycles. The number of aryl methyl sites for hydroxylation is 1. The molecule has 0 amide bonds. The Hall–Kier alpha value is -0.250. The second kappa shape index (κ2) is 4.59. The van der Waals surface area contributed by atoms with Crippen molar-refractivity contribution in [1.82, 2.24) is 0 Å². The summed E-state index contributed by atoms with van der Waals surface area (Å²) in [5.74, 6) is 5.43. The molecule has 2 nitrogen and oxygen atoms in total. The minimum atomic E-state index is 0. The molecule has 62 valence electrons. The van der Waals surface area contributed by atoms with Gasteiger partial charge in [-0.15, -0.1) is 12.4 Å². The number of hydrogen-bond donors (Lipinski definition) is 1. The van der Waals surface area contributed by atoms with Crippen LogP contribution in [-0.2, 0) is 0 Å². The third-order valence-electron chi connectivity index (χ3n) is 1.25. The van der Waals surface area contributed by atoms with E-state index in [1.54, 1.807) is 0 Å². The van der Waals surface area contributed by atoms with Crippen LogP contribution in [0, 0.1) is 6.92 Å². The fourth-order valence-corrected chi connectivity index (χ4v) is 0.981. The molecule has 0 aliphatic heterocycles. The van der Waals surface area contributed by atoms with Crippen LogP contribution in [0.5, 0.6) is 0 Å². The molecule has 0 spiro atoms. The molecule has 1 rings (SSSR count). The van der Waals surface area contributed by atoms with E-state index in [4.69, 9.17) is 5.84 Å². The van der Waals surface area contributed by atoms with Crippen LogP contribution in [0.2, 0.25) is 0 Å². The highest BCUT2D eigenvalue weighted by Crippen LogP contribution is 2.14. The summed E-state index contributed by atoms with van der Waals surface area (Å²) in [5.41, 5.74) is 2.16. The van der Waals surface area contributed by atoms with E-state index in [-0.39, 0.29) is 12.4 Å². The Labute approximate surface area is 81.1 Å². The smallest absolute Gasteiger partial charge is 0.0669 e. The summed E-state index contributed by atoms with van der Waals surface area (Å²) in [6.07, 6.45) is 0. The van der Waals surface area contributed by atoms with Crippen LogP contribution < -0.4 is 9.88 Å². The van der Waals surface area contributed by atoms with Crippen LogP contribution in [0.25, 0.3) is 0 Å². The number of benzene rings is 1. The number of anilines is 1. The molecule has 0 radical (unpaired) electrons. The number of rotatable bonds is 1. The zero-order chi connectivity index (χ0) is 7.56. The van der Waals surface area contributed by atoms with Gasteiger partial charge in [0, 0.05) is 0 Å². The van der Waals surface area contributed by atoms with Crippen molar-refractivity contribution in [3.05, 3.63) is 29.8 Å². The Bertz CT molecular complexity index is 227. The fraction of sp³-hybridized carbons (Fsp3) is 0.143. The molecule has 0 aliphatic rings. The van der Waals surface area contributed by atoms with E-state index < -0.39 is 0 Å². The highest BCUT2D eigenvalue weighted by Gasteiger charge is 1.94. The maximum atomic E-state index is 5.43. The highest BCUT2D eigenvalue weighted by atomic mass is 79.9. The minimum absolute atomic E-state index is 0. The van der Waals surface area contributed by atoms with Gasteiger partial charge in [0.15, 0.2) is 0 Å². The Balaban J connectivity index is 0.000001000. The van der Waals surface area contributed by atoms with Crippen molar-refractivity contribution in [1.29, 1.82) is 0 Å². The molecule has 0 bridgehead atoms. The molecule has 0 aliphatic carbocycles. The third kappa shape index (κ3) is 3.10. The van der Waals surface area contributed by atoms with Crippen molar-refractivity contribution in [3.63, 3.8) is 0 Å². The van der Waals surface area contributed by atoms with E-state index in [9.17, 15) is 0 Å². The van der Waals surface area contributed by atoms with E-state index in [0.29, 0.717) is 0 Å². The van der Waals surface area contributed by atoms with Gasteiger partial charge in [0.2, 0.25) is 0 Å². The van der Waals surface area contributed by atoms with Gasteiger partial charge in [-0.2, -0.15) is 0 Å². The van der Waals surface area contributed by atoms with Crippen LogP contribution in [-0.4, -0.2) is 0 Å². The van der Waals surface area contributed by atoms with Gasteiger partial charge in [0.1, 0.15) is 0 Å². The first-order valence-electron chi connectivity index (χ1n) is 2.97. The molecule has 11 heavy (non-hydrogen) atoms. The van der Waals surface area contributed by atoms with E-state index in [1.807, 2.05) is 31.2 Å². The van der Waals surface area contributed by atoms with Crippen LogP contribution in [0.4, 0.5) is 5.69 Å². The summed E-state index contributed by atoms with van der Waals surface area (Å²) < 4.78 is 1.42. The molecule has 1 aromatic rings. The van der Waals surface area contributed by atoms with Crippen molar-refractivity contribution in [2.24, 2.45) is 5.84 Å². The predicted octanol–water partition coefficient (Wildman–Crippen LogP) is 2.41. The maximum Gasteiger partial charge on any atom is 0.0669 e. The number of hydrazine groups is 1. The molecule has 4 heteroatoms. The molecule has 2 N–H and O–H groups in total. The zero-order valence-corrected chi connectivity index (χ0v) is 8.52. The van der Waals surface area contributed by atoms with Crippen molar-refractivity contribution >= 4 is 34.2 Å². The minimum Gasteiger partial charge on any atom is -0.245 e. The lowest BCUT2D eigenvalue weighted by Gasteiger charge is -2.08. The molecule has 0 aromatic heterocycles. The highest BCUT2D eigenvalue weighted by molar-refractivity contribution is 9.10. The lowest BCUT2D eigenvalue weighted by Crippen LogP contribution is -2.17. The Morgan fingerprint density at radius 2 is 2.09 bits per heavy atom. The first-order chi connectivity index (χ1) is 4.70. The first-order valence-corrected chi connectivity index (χ1v) is 3.68. The molecule has 0 heterocycles. The molecule has 0 unspecified atom stereocenters. The standard InChI is InChI=1S/C7H9BrN2.ClH/c1-6-3-2-4-7(5-6)10(8)9;/h2-5H,9H2,1H3;1H. The lowest BCUT2D eigenvalue weighted by atomic mass is 10.2. The largest absolute Gasteiger partial charge is 0.245 e. The lowest BCUT2D eigenvalue weighted by molar-refractivity contribution is 1.22. The maximum absolute atomic E-state index is 5.43. The van der Waals surface area contributed by atoms with Crippen molar-refractivity contribution in [3.8, 4) is 0 Å². The van der Waals surface area contributed by atoms with Gasteiger partial charge < -0.3 is 0 Å². The van der Waals surface area contributed by atoms with E-state index in [0.717, 1.165) is 5.69 Å². The molecule has 1 aromatic carbocycles. The second-order valence-electron chi connectivity index (χ2n) is 2.15. The summed E-state index contributed by atoms with van der Waals surface area (Å²) in [6.45, 7) is 2.03. The molecule has 0 atom stereocenters. The van der Waals surface area contributed by atoms with Gasteiger partial charge in [-0.25, -0.2) is 9.88 Å². The Kier molecular flexibility index (Phi) is 4.49. The van der Waals surface area contributed by atoms with Crippen LogP contribution in [0.15, 0.2) is 24.3 Å². The number of nitrogens with two attached hydrogens (primary N) is 1. The first kappa shape index (κ1) is 10.8. The molecule has 0 fully saturated rings. The van der Waals surface area contributed by atoms with Crippen molar-refractivity contribution in [2.45, 2.75) is 6.92 Å². The monoisotopic (exact) mass is 236 g/mol. The SMILES string of the molecule is Cc1cccc(N(N)Br)c1.Cl. The van der Waals surface area contributed by atoms with Gasteiger partial charge in [-0.3, -0.25) is 0 Å². The van der Waals surface area contributed by atoms with Gasteiger partial charge >= 0.3 is 0 Å². The van der Waals surface area contributed by atoms with Crippen LogP contribution in [0.1, 0.15) is 5.56 Å². The Morgan fingerprint density at radius 3 is 2.45 bits per heavy atom. The fourth-order valence-electron chi connectivity index (χ4n) is 0.761. The third-order valence-corrected chi connectivity index (χ3v) is 1.66. The van der Waals surface area contributed by atoms with Crippen molar-refractivity contribution in [2.75, 3.05) is 4.03 Å². The van der Waals surface area contributed by atoms with Crippen LogP contribution >= 0.6 is 28.6 Å². The summed E-state index contributed by atoms with van der Waals surface area (Å²) in [5, 5.41) is 0. The summed E-state index contributed by atoms with van der Waals surface area (Å²) in [6, 6.07) is 7.92. The normalized spacial score (nSPS) is 8.64. The van der Waals surface area contributed by atoms with Gasteiger partial charge in [-0.05, 0) is 24.6 Å². The quantitative estimate of drug-likeness (QED) is 0.462. The van der Waals surface area contributed by atoms with E-state index in [2.05, 4.69) is 16.1 Å². The predicted molar refractivity (Wildman–Crippen MR) is 54.0 cm³/mol. The van der Waals surface area contributed by atoms with E-state index in [1.165, 1.54) is 9.60 Å². The molecular weight excluding hydrogens is 227 g/mol. The Morgan fingerprint density at radius 1 is 1.45 bits per heavy atom. The summed E-state index contributed by atoms with van der Waals surface area (Å²) >= 11 is 3.13. The van der Waals surface area contributed by atoms with Gasteiger partial charge in [0.05, 0.1) is 21.8 Å². The summed E-state index contributed by atoms with van der Waals surface area (Å²) in [7, 11) is 0. The van der Waals surface area contributed by atoms with Gasteiger partial charge in [0.25, 0.3) is 0 Å². The average molecular weight is 238 g/mol. The van der Waals surface area contributed by atoms with Gasteiger partial charge in [-0.1, -0.05) is 12.1 Å². The number of halogens is 2.